The number of carbonyl (C=O) groups excluding carboxylic acids is 1. The zero-order chi connectivity index (χ0) is 12.5. The largest absolute Gasteiger partial charge is 0.352 e. The highest BCUT2D eigenvalue weighted by molar-refractivity contribution is 9.10. The van der Waals surface area contributed by atoms with Crippen molar-refractivity contribution < 1.29 is 4.79 Å². The fourth-order valence-electron chi connectivity index (χ4n) is 1.96. The van der Waals surface area contributed by atoms with Gasteiger partial charge in [-0.15, -0.1) is 0 Å². The summed E-state index contributed by atoms with van der Waals surface area (Å²) in [4.78, 5) is 12.1. The molecule has 0 saturated heterocycles. The summed E-state index contributed by atoms with van der Waals surface area (Å²) in [6, 6.07) is 15.4. The maximum Gasteiger partial charge on any atom is 0.211 e. The molecule has 1 heterocycles. The van der Waals surface area contributed by atoms with Crippen LogP contribution in [0.1, 0.15) is 15.9 Å². The van der Waals surface area contributed by atoms with Crippen LogP contribution < -0.4 is 5.32 Å². The Hall–Kier alpha value is -1.87. The third-order valence-corrected chi connectivity index (χ3v) is 3.40. The number of halogens is 1. The Kier molecular flexibility index (Phi) is 2.76. The first-order chi connectivity index (χ1) is 8.74. The van der Waals surface area contributed by atoms with Crippen molar-refractivity contribution in [1.82, 2.24) is 0 Å². The third-order valence-electron chi connectivity index (χ3n) is 2.87. The Labute approximate surface area is 113 Å². The minimum absolute atomic E-state index is 0.0496. The van der Waals surface area contributed by atoms with Crippen molar-refractivity contribution in [3.05, 3.63) is 69.8 Å². The minimum Gasteiger partial charge on any atom is -0.352 e. The molecule has 18 heavy (non-hydrogen) atoms. The van der Waals surface area contributed by atoms with Gasteiger partial charge in [-0.25, -0.2) is 0 Å². The Morgan fingerprint density at radius 3 is 2.44 bits per heavy atom. The zero-order valence-corrected chi connectivity index (χ0v) is 11.1. The monoisotopic (exact) mass is 299 g/mol. The molecule has 2 aromatic carbocycles. The lowest BCUT2D eigenvalue weighted by Crippen LogP contribution is -1.99. The van der Waals surface area contributed by atoms with Crippen LogP contribution >= 0.6 is 15.9 Å². The molecule has 0 atom stereocenters. The van der Waals surface area contributed by atoms with Crippen molar-refractivity contribution in [1.29, 1.82) is 0 Å². The molecule has 0 saturated carbocycles. The lowest BCUT2D eigenvalue weighted by molar-refractivity contribution is 0.104. The van der Waals surface area contributed by atoms with E-state index in [1.165, 1.54) is 0 Å². The van der Waals surface area contributed by atoms with E-state index in [0.29, 0.717) is 5.70 Å². The van der Waals surface area contributed by atoms with E-state index in [4.69, 9.17) is 0 Å². The Balaban J connectivity index is 1.97. The summed E-state index contributed by atoms with van der Waals surface area (Å²) in [5, 5.41) is 3.15. The Morgan fingerprint density at radius 1 is 1.00 bits per heavy atom. The van der Waals surface area contributed by atoms with E-state index in [-0.39, 0.29) is 5.78 Å². The van der Waals surface area contributed by atoms with E-state index in [2.05, 4.69) is 21.2 Å². The summed E-state index contributed by atoms with van der Waals surface area (Å²) in [5.74, 6) is 0.0496. The molecule has 0 aromatic heterocycles. The molecule has 3 heteroatoms. The van der Waals surface area contributed by atoms with Crippen LogP contribution in [0.25, 0.3) is 6.08 Å². The normalized spacial score (nSPS) is 15.6. The fraction of sp³-hybridized carbons (Fsp3) is 0. The number of Topliss-reactive ketones (excluding diaryl/α,β-unsaturated/α-hetero) is 1. The van der Waals surface area contributed by atoms with Crippen LogP contribution in [0, 0.1) is 0 Å². The third kappa shape index (κ3) is 1.97. The molecule has 0 spiro atoms. The van der Waals surface area contributed by atoms with Gasteiger partial charge in [0, 0.05) is 15.7 Å². The lowest BCUT2D eigenvalue weighted by atomic mass is 10.1. The van der Waals surface area contributed by atoms with E-state index >= 15 is 0 Å². The molecule has 0 amide bonds. The number of hydrogen-bond acceptors (Lipinski definition) is 2. The van der Waals surface area contributed by atoms with E-state index in [1.807, 2.05) is 54.6 Å². The number of hydrogen-bond donors (Lipinski definition) is 1. The first-order valence-corrected chi connectivity index (χ1v) is 6.41. The van der Waals surface area contributed by atoms with Crippen LogP contribution in [0.3, 0.4) is 0 Å². The van der Waals surface area contributed by atoms with Crippen molar-refractivity contribution in [3.63, 3.8) is 0 Å². The van der Waals surface area contributed by atoms with Crippen LogP contribution in [0.5, 0.6) is 0 Å². The average Bonchev–Trinajstić information content (AvgIpc) is 2.70. The van der Waals surface area contributed by atoms with Crippen molar-refractivity contribution in [3.8, 4) is 0 Å². The van der Waals surface area contributed by atoms with Gasteiger partial charge in [0.2, 0.25) is 5.78 Å². The van der Waals surface area contributed by atoms with E-state index in [9.17, 15) is 4.79 Å². The van der Waals surface area contributed by atoms with Crippen molar-refractivity contribution in [2.24, 2.45) is 0 Å². The number of benzene rings is 2. The summed E-state index contributed by atoms with van der Waals surface area (Å²) in [7, 11) is 0. The summed E-state index contributed by atoms with van der Waals surface area (Å²) in [6.45, 7) is 0. The molecule has 1 N–H and O–H groups in total. The molecule has 2 nitrogen and oxygen atoms in total. The van der Waals surface area contributed by atoms with Crippen LogP contribution in [0.2, 0.25) is 0 Å². The van der Waals surface area contributed by atoms with Gasteiger partial charge in [-0.3, -0.25) is 4.79 Å². The van der Waals surface area contributed by atoms with E-state index in [1.54, 1.807) is 0 Å². The van der Waals surface area contributed by atoms with Crippen LogP contribution in [0.4, 0.5) is 5.69 Å². The highest BCUT2D eigenvalue weighted by atomic mass is 79.9. The maximum atomic E-state index is 12.1. The van der Waals surface area contributed by atoms with Gasteiger partial charge in [0.15, 0.2) is 0 Å². The lowest BCUT2D eigenvalue weighted by Gasteiger charge is -1.99. The second-order valence-electron chi connectivity index (χ2n) is 4.11. The van der Waals surface area contributed by atoms with E-state index < -0.39 is 0 Å². The molecule has 1 aliphatic heterocycles. The first kappa shape index (κ1) is 11.2. The number of nitrogens with one attached hydrogen (secondary N) is 1. The molecule has 0 aliphatic carbocycles. The molecule has 88 valence electrons. The van der Waals surface area contributed by atoms with E-state index in [0.717, 1.165) is 21.3 Å². The number of para-hydroxylation sites is 1. The van der Waals surface area contributed by atoms with Crippen LogP contribution in [-0.4, -0.2) is 5.78 Å². The minimum atomic E-state index is 0.0496. The number of anilines is 1. The van der Waals surface area contributed by atoms with Gasteiger partial charge in [0.05, 0.1) is 5.70 Å². The van der Waals surface area contributed by atoms with Crippen LogP contribution in [-0.2, 0) is 0 Å². The predicted molar refractivity (Wildman–Crippen MR) is 76.5 cm³/mol. The number of carbonyl (C=O) groups is 1. The molecule has 0 unspecified atom stereocenters. The molecule has 0 bridgehead atoms. The molecular formula is C15H10BrNO. The Morgan fingerprint density at radius 2 is 1.72 bits per heavy atom. The smallest absolute Gasteiger partial charge is 0.211 e. The quantitative estimate of drug-likeness (QED) is 0.803. The molecule has 3 rings (SSSR count). The van der Waals surface area contributed by atoms with Gasteiger partial charge in [-0.1, -0.05) is 40.2 Å². The second-order valence-corrected chi connectivity index (χ2v) is 5.02. The average molecular weight is 300 g/mol. The van der Waals surface area contributed by atoms with Crippen molar-refractivity contribution in [2.45, 2.75) is 0 Å². The van der Waals surface area contributed by atoms with Crippen molar-refractivity contribution in [2.75, 3.05) is 5.32 Å². The van der Waals surface area contributed by atoms with Gasteiger partial charge in [0.1, 0.15) is 0 Å². The maximum absolute atomic E-state index is 12.1. The molecule has 2 aromatic rings. The SMILES string of the molecule is O=C1/C(=C/c2ccc(Br)cc2)Nc2ccccc21. The van der Waals surface area contributed by atoms with Crippen molar-refractivity contribution >= 4 is 33.5 Å². The number of ketones is 1. The predicted octanol–water partition coefficient (Wildman–Crippen LogP) is 4.10. The highest BCUT2D eigenvalue weighted by Gasteiger charge is 2.23. The van der Waals surface area contributed by atoms with Gasteiger partial charge in [-0.2, -0.15) is 0 Å². The number of rotatable bonds is 1. The van der Waals surface area contributed by atoms with Gasteiger partial charge in [-0.05, 0) is 35.9 Å². The summed E-state index contributed by atoms with van der Waals surface area (Å²) >= 11 is 3.39. The first-order valence-electron chi connectivity index (χ1n) is 5.62. The fourth-order valence-corrected chi connectivity index (χ4v) is 2.23. The summed E-state index contributed by atoms with van der Waals surface area (Å²) in [6.07, 6.45) is 1.87. The van der Waals surface area contributed by atoms with Gasteiger partial charge < -0.3 is 5.32 Å². The summed E-state index contributed by atoms with van der Waals surface area (Å²) < 4.78 is 1.03. The Bertz CT molecular complexity index is 644. The zero-order valence-electron chi connectivity index (χ0n) is 9.48. The summed E-state index contributed by atoms with van der Waals surface area (Å²) in [5.41, 5.74) is 3.24. The number of fused-ring (bicyclic) bond motifs is 1. The van der Waals surface area contributed by atoms with Crippen LogP contribution in [0.15, 0.2) is 58.7 Å². The molecular weight excluding hydrogens is 290 g/mol. The standard InChI is InChI=1S/C15H10BrNO/c16-11-7-5-10(6-8-11)9-14-15(18)12-3-1-2-4-13(12)17-14/h1-9,17H/b14-9-. The van der Waals surface area contributed by atoms with Gasteiger partial charge in [0.25, 0.3) is 0 Å². The molecule has 1 aliphatic rings. The molecule has 0 radical (unpaired) electrons. The molecule has 0 fully saturated rings. The topological polar surface area (TPSA) is 29.1 Å². The second kappa shape index (κ2) is 4.42. The highest BCUT2D eigenvalue weighted by Crippen LogP contribution is 2.28. The van der Waals surface area contributed by atoms with Gasteiger partial charge >= 0.3 is 0 Å². The number of allylic oxidation sites excluding steroid dienone is 1.